The van der Waals surface area contributed by atoms with Crippen LogP contribution < -0.4 is 11.3 Å². The Balaban J connectivity index is 2.44. The highest BCUT2D eigenvalue weighted by atomic mass is 16.1. The molecule has 3 N–H and O–H groups in total. The standard InChI is InChI=1S/C15H17N5O/c1-3-12(16)14-19-13-9(2)5-4-6-11(13)15(21)20(14)10-7-17-18-8-10/h4-8,12H,3,16H2,1-2H3,(H,17,18)/t12-/m0/s1. The average molecular weight is 283 g/mol. The van der Waals surface area contributed by atoms with E-state index in [1.807, 2.05) is 26.0 Å². The molecule has 3 rings (SSSR count). The lowest BCUT2D eigenvalue weighted by Gasteiger charge is -2.16. The third kappa shape index (κ3) is 2.13. The second-order valence-electron chi connectivity index (χ2n) is 5.05. The summed E-state index contributed by atoms with van der Waals surface area (Å²) in [5, 5.41) is 7.22. The number of rotatable bonds is 3. The highest BCUT2D eigenvalue weighted by molar-refractivity contribution is 5.81. The van der Waals surface area contributed by atoms with Gasteiger partial charge in [0.2, 0.25) is 0 Å². The number of para-hydroxylation sites is 1. The monoisotopic (exact) mass is 283 g/mol. The van der Waals surface area contributed by atoms with Crippen LogP contribution in [0.1, 0.15) is 30.8 Å². The van der Waals surface area contributed by atoms with Crippen molar-refractivity contribution in [2.45, 2.75) is 26.3 Å². The molecule has 0 bridgehead atoms. The fourth-order valence-electron chi connectivity index (χ4n) is 2.42. The van der Waals surface area contributed by atoms with Crippen LogP contribution in [0.3, 0.4) is 0 Å². The van der Waals surface area contributed by atoms with E-state index in [0.29, 0.717) is 28.8 Å². The molecule has 108 valence electrons. The molecule has 1 atom stereocenters. The Morgan fingerprint density at radius 2 is 2.24 bits per heavy atom. The third-order valence-electron chi connectivity index (χ3n) is 3.64. The summed E-state index contributed by atoms with van der Waals surface area (Å²) >= 11 is 0. The zero-order valence-electron chi connectivity index (χ0n) is 12.0. The van der Waals surface area contributed by atoms with Gasteiger partial charge in [-0.3, -0.25) is 14.5 Å². The summed E-state index contributed by atoms with van der Waals surface area (Å²) in [5.41, 5.74) is 8.36. The molecule has 0 fully saturated rings. The lowest BCUT2D eigenvalue weighted by Crippen LogP contribution is -2.28. The quantitative estimate of drug-likeness (QED) is 0.767. The van der Waals surface area contributed by atoms with Gasteiger partial charge >= 0.3 is 0 Å². The average Bonchev–Trinajstić information content (AvgIpc) is 3.01. The van der Waals surface area contributed by atoms with Crippen molar-refractivity contribution in [1.82, 2.24) is 19.7 Å². The van der Waals surface area contributed by atoms with Gasteiger partial charge in [0.1, 0.15) is 5.82 Å². The SMILES string of the molecule is CC[C@H](N)c1nc2c(C)cccc2c(=O)n1-c1cn[nH]c1. The smallest absolute Gasteiger partial charge is 0.266 e. The number of hydrogen-bond acceptors (Lipinski definition) is 4. The molecule has 2 heterocycles. The number of aromatic amines is 1. The highest BCUT2D eigenvalue weighted by Gasteiger charge is 2.18. The van der Waals surface area contributed by atoms with Gasteiger partial charge in [-0.2, -0.15) is 5.10 Å². The largest absolute Gasteiger partial charge is 0.321 e. The van der Waals surface area contributed by atoms with Gasteiger partial charge in [0.15, 0.2) is 0 Å². The van der Waals surface area contributed by atoms with E-state index in [0.717, 1.165) is 5.56 Å². The van der Waals surface area contributed by atoms with Crippen LogP contribution in [-0.4, -0.2) is 19.7 Å². The van der Waals surface area contributed by atoms with E-state index in [9.17, 15) is 4.79 Å². The number of H-pyrrole nitrogens is 1. The Bertz CT molecular complexity index is 835. The van der Waals surface area contributed by atoms with Crippen molar-refractivity contribution in [3.63, 3.8) is 0 Å². The minimum atomic E-state index is -0.309. The summed E-state index contributed by atoms with van der Waals surface area (Å²) < 4.78 is 1.54. The van der Waals surface area contributed by atoms with Crippen LogP contribution >= 0.6 is 0 Å². The number of hydrogen-bond donors (Lipinski definition) is 2. The van der Waals surface area contributed by atoms with Gasteiger partial charge in [-0.25, -0.2) is 4.98 Å². The van der Waals surface area contributed by atoms with Crippen LogP contribution in [0.15, 0.2) is 35.4 Å². The Morgan fingerprint density at radius 1 is 1.43 bits per heavy atom. The van der Waals surface area contributed by atoms with Crippen molar-refractivity contribution in [2.24, 2.45) is 5.73 Å². The summed E-state index contributed by atoms with van der Waals surface area (Å²) in [7, 11) is 0. The summed E-state index contributed by atoms with van der Waals surface area (Å²) in [4.78, 5) is 17.5. The molecule has 2 aromatic heterocycles. The molecular weight excluding hydrogens is 266 g/mol. The topological polar surface area (TPSA) is 89.6 Å². The van der Waals surface area contributed by atoms with E-state index in [2.05, 4.69) is 15.2 Å². The molecule has 0 unspecified atom stereocenters. The minimum Gasteiger partial charge on any atom is -0.321 e. The minimum absolute atomic E-state index is 0.121. The number of nitrogens with two attached hydrogens (primary N) is 1. The lowest BCUT2D eigenvalue weighted by molar-refractivity contribution is 0.623. The number of fused-ring (bicyclic) bond motifs is 1. The zero-order chi connectivity index (χ0) is 15.0. The molecule has 0 spiro atoms. The Labute approximate surface area is 121 Å². The Hall–Kier alpha value is -2.47. The second kappa shape index (κ2) is 5.14. The van der Waals surface area contributed by atoms with Gasteiger partial charge in [-0.1, -0.05) is 19.1 Å². The molecule has 0 aliphatic heterocycles. The maximum absolute atomic E-state index is 12.8. The van der Waals surface area contributed by atoms with E-state index < -0.39 is 0 Å². The van der Waals surface area contributed by atoms with Gasteiger partial charge in [-0.15, -0.1) is 0 Å². The van der Waals surface area contributed by atoms with Gasteiger partial charge in [-0.05, 0) is 25.0 Å². The summed E-state index contributed by atoms with van der Waals surface area (Å²) in [5.74, 6) is 0.561. The van der Waals surface area contributed by atoms with Crippen molar-refractivity contribution in [2.75, 3.05) is 0 Å². The molecular formula is C15H17N5O. The first-order chi connectivity index (χ1) is 10.1. The van der Waals surface area contributed by atoms with E-state index in [1.165, 1.54) is 0 Å². The number of aryl methyl sites for hydroxylation is 1. The van der Waals surface area contributed by atoms with Crippen LogP contribution in [0, 0.1) is 6.92 Å². The van der Waals surface area contributed by atoms with Crippen LogP contribution in [0.4, 0.5) is 0 Å². The van der Waals surface area contributed by atoms with Gasteiger partial charge in [0.25, 0.3) is 5.56 Å². The molecule has 0 radical (unpaired) electrons. The maximum atomic E-state index is 12.8. The summed E-state index contributed by atoms with van der Waals surface area (Å²) in [6, 6.07) is 5.28. The molecule has 0 saturated heterocycles. The van der Waals surface area contributed by atoms with Gasteiger partial charge in [0.05, 0.1) is 28.8 Å². The van der Waals surface area contributed by atoms with E-state index >= 15 is 0 Å². The fourth-order valence-corrected chi connectivity index (χ4v) is 2.42. The van der Waals surface area contributed by atoms with Gasteiger partial charge in [0, 0.05) is 6.20 Å². The summed E-state index contributed by atoms with van der Waals surface area (Å²) in [6.07, 6.45) is 3.95. The predicted octanol–water partition coefficient (Wildman–Crippen LogP) is 1.83. The van der Waals surface area contributed by atoms with Crippen LogP contribution in [0.25, 0.3) is 16.6 Å². The highest BCUT2D eigenvalue weighted by Crippen LogP contribution is 2.19. The third-order valence-corrected chi connectivity index (χ3v) is 3.64. The molecule has 6 heteroatoms. The molecule has 0 aliphatic rings. The van der Waals surface area contributed by atoms with Crippen molar-refractivity contribution in [3.8, 4) is 5.69 Å². The fraction of sp³-hybridized carbons (Fsp3) is 0.267. The van der Waals surface area contributed by atoms with Crippen molar-refractivity contribution in [3.05, 3.63) is 52.3 Å². The molecule has 1 aromatic carbocycles. The molecule has 21 heavy (non-hydrogen) atoms. The van der Waals surface area contributed by atoms with Crippen molar-refractivity contribution >= 4 is 10.9 Å². The normalized spacial score (nSPS) is 12.7. The number of nitrogens with one attached hydrogen (secondary N) is 1. The molecule has 0 amide bonds. The maximum Gasteiger partial charge on any atom is 0.266 e. The van der Waals surface area contributed by atoms with E-state index in [1.54, 1.807) is 23.0 Å². The molecule has 0 saturated carbocycles. The number of aromatic nitrogens is 4. The molecule has 6 nitrogen and oxygen atoms in total. The van der Waals surface area contributed by atoms with Gasteiger partial charge < -0.3 is 5.73 Å². The number of benzene rings is 1. The van der Waals surface area contributed by atoms with Crippen LogP contribution in [-0.2, 0) is 0 Å². The van der Waals surface area contributed by atoms with Crippen molar-refractivity contribution < 1.29 is 0 Å². The first-order valence-electron chi connectivity index (χ1n) is 6.90. The van der Waals surface area contributed by atoms with Crippen LogP contribution in [0.5, 0.6) is 0 Å². The first kappa shape index (κ1) is 13.5. The lowest BCUT2D eigenvalue weighted by atomic mass is 10.1. The Kier molecular flexibility index (Phi) is 3.31. The summed E-state index contributed by atoms with van der Waals surface area (Å²) in [6.45, 7) is 3.91. The first-order valence-corrected chi connectivity index (χ1v) is 6.90. The van der Waals surface area contributed by atoms with Crippen molar-refractivity contribution in [1.29, 1.82) is 0 Å². The molecule has 3 aromatic rings. The molecule has 0 aliphatic carbocycles. The predicted molar refractivity (Wildman–Crippen MR) is 81.4 cm³/mol. The van der Waals surface area contributed by atoms with E-state index in [-0.39, 0.29) is 11.6 Å². The second-order valence-corrected chi connectivity index (χ2v) is 5.05. The zero-order valence-corrected chi connectivity index (χ0v) is 12.0. The van der Waals surface area contributed by atoms with E-state index in [4.69, 9.17) is 5.73 Å². The van der Waals surface area contributed by atoms with Crippen LogP contribution in [0.2, 0.25) is 0 Å². The number of nitrogens with zero attached hydrogens (tertiary/aromatic N) is 3. The Morgan fingerprint density at radius 3 is 2.90 bits per heavy atom.